The van der Waals surface area contributed by atoms with E-state index in [4.69, 9.17) is 4.42 Å². The predicted octanol–water partition coefficient (Wildman–Crippen LogP) is 3.23. The fourth-order valence-corrected chi connectivity index (χ4v) is 2.35. The molecular formula is C19H16FN3O4. The molecule has 0 aliphatic carbocycles. The van der Waals surface area contributed by atoms with Crippen LogP contribution in [0.1, 0.15) is 22.7 Å². The Kier molecular flexibility index (Phi) is 5.55. The summed E-state index contributed by atoms with van der Waals surface area (Å²) in [4.78, 5) is 23.4. The van der Waals surface area contributed by atoms with E-state index >= 15 is 0 Å². The Labute approximate surface area is 154 Å². The van der Waals surface area contributed by atoms with Crippen molar-refractivity contribution in [3.63, 3.8) is 0 Å². The predicted molar refractivity (Wildman–Crippen MR) is 94.4 cm³/mol. The van der Waals surface area contributed by atoms with E-state index in [2.05, 4.69) is 20.3 Å². The maximum atomic E-state index is 13.7. The van der Waals surface area contributed by atoms with Crippen LogP contribution in [0.2, 0.25) is 0 Å². The lowest BCUT2D eigenvalue weighted by Crippen LogP contribution is -2.12. The molecule has 0 unspecified atom stereocenters. The molecule has 138 valence electrons. The molecule has 0 fully saturated rings. The van der Waals surface area contributed by atoms with Crippen molar-refractivity contribution in [3.05, 3.63) is 65.8 Å². The first-order valence-electron chi connectivity index (χ1n) is 8.12. The van der Waals surface area contributed by atoms with Gasteiger partial charge in [0.15, 0.2) is 0 Å². The van der Waals surface area contributed by atoms with Crippen LogP contribution in [0.5, 0.6) is 0 Å². The lowest BCUT2D eigenvalue weighted by Gasteiger charge is -2.05. The van der Waals surface area contributed by atoms with Gasteiger partial charge in [0, 0.05) is 18.5 Å². The molecule has 0 spiro atoms. The third kappa shape index (κ3) is 4.55. The molecular weight excluding hydrogens is 353 g/mol. The summed E-state index contributed by atoms with van der Waals surface area (Å²) in [7, 11) is 1.30. The molecule has 1 heterocycles. The number of carbonyl (C=O) groups excluding carboxylic acids is 2. The Hall–Kier alpha value is -3.55. The van der Waals surface area contributed by atoms with E-state index in [1.807, 2.05) is 0 Å². The topological polar surface area (TPSA) is 94.3 Å². The summed E-state index contributed by atoms with van der Waals surface area (Å²) in [6.07, 6.45) is 0.325. The first kappa shape index (κ1) is 18.2. The summed E-state index contributed by atoms with van der Waals surface area (Å²) in [5, 5.41) is 10.4. The van der Waals surface area contributed by atoms with Gasteiger partial charge in [-0.15, -0.1) is 10.2 Å². The average molecular weight is 369 g/mol. The second-order valence-corrected chi connectivity index (χ2v) is 5.60. The fraction of sp³-hybridized carbons (Fsp3) is 0.158. The zero-order chi connectivity index (χ0) is 19.2. The number of nitrogens with zero attached hydrogens (tertiary/aromatic N) is 2. The normalized spacial score (nSPS) is 10.4. The number of nitrogens with one attached hydrogen (secondary N) is 1. The molecule has 1 aromatic heterocycles. The Morgan fingerprint density at radius 2 is 1.85 bits per heavy atom. The maximum absolute atomic E-state index is 13.7. The van der Waals surface area contributed by atoms with E-state index in [1.54, 1.807) is 36.4 Å². The number of hydrogen-bond donors (Lipinski definition) is 1. The van der Waals surface area contributed by atoms with Crippen LogP contribution in [0.15, 0.2) is 52.9 Å². The molecule has 3 aromatic rings. The van der Waals surface area contributed by atoms with E-state index in [0.29, 0.717) is 11.3 Å². The van der Waals surface area contributed by atoms with Gasteiger partial charge in [0.05, 0.1) is 18.2 Å². The second-order valence-electron chi connectivity index (χ2n) is 5.60. The molecule has 0 saturated heterocycles. The molecule has 0 saturated carbocycles. The van der Waals surface area contributed by atoms with Crippen molar-refractivity contribution in [1.29, 1.82) is 0 Å². The number of aromatic nitrogens is 2. The average Bonchev–Trinajstić information content (AvgIpc) is 3.15. The molecule has 1 N–H and O–H groups in total. The summed E-state index contributed by atoms with van der Waals surface area (Å²) in [5.41, 5.74) is 1.15. The maximum Gasteiger partial charge on any atom is 0.337 e. The zero-order valence-electron chi connectivity index (χ0n) is 14.4. The number of amides is 1. The molecule has 27 heavy (non-hydrogen) atoms. The molecule has 2 aromatic carbocycles. The van der Waals surface area contributed by atoms with E-state index in [1.165, 1.54) is 19.2 Å². The minimum atomic E-state index is -0.458. The SMILES string of the molecule is COC(=O)c1ccc(NC(=O)CCc2nnc(-c3ccccc3F)o2)cc1. The van der Waals surface area contributed by atoms with Crippen molar-refractivity contribution in [2.24, 2.45) is 0 Å². The van der Waals surface area contributed by atoms with E-state index < -0.39 is 11.8 Å². The van der Waals surface area contributed by atoms with E-state index in [9.17, 15) is 14.0 Å². The molecule has 1 amide bonds. The highest BCUT2D eigenvalue weighted by Gasteiger charge is 2.13. The minimum Gasteiger partial charge on any atom is -0.465 e. The quantitative estimate of drug-likeness (QED) is 0.671. The Morgan fingerprint density at radius 1 is 1.11 bits per heavy atom. The van der Waals surface area contributed by atoms with Crippen LogP contribution in [-0.2, 0) is 16.0 Å². The van der Waals surface area contributed by atoms with Gasteiger partial charge in [0.25, 0.3) is 5.89 Å². The van der Waals surface area contributed by atoms with Gasteiger partial charge in [-0.2, -0.15) is 0 Å². The highest BCUT2D eigenvalue weighted by atomic mass is 19.1. The highest BCUT2D eigenvalue weighted by Crippen LogP contribution is 2.21. The lowest BCUT2D eigenvalue weighted by atomic mass is 10.2. The third-order valence-electron chi connectivity index (χ3n) is 3.73. The van der Waals surface area contributed by atoms with Gasteiger partial charge >= 0.3 is 5.97 Å². The highest BCUT2D eigenvalue weighted by molar-refractivity contribution is 5.93. The standard InChI is InChI=1S/C19H16FN3O4/c1-26-19(25)12-6-8-13(9-7-12)21-16(24)10-11-17-22-23-18(27-17)14-4-2-3-5-15(14)20/h2-9H,10-11H2,1H3,(H,21,24). The van der Waals surface area contributed by atoms with Gasteiger partial charge in [-0.05, 0) is 36.4 Å². The van der Waals surface area contributed by atoms with Crippen molar-refractivity contribution in [3.8, 4) is 11.5 Å². The molecule has 0 atom stereocenters. The molecule has 0 bridgehead atoms. The van der Waals surface area contributed by atoms with Crippen LogP contribution in [0, 0.1) is 5.82 Å². The molecule has 7 nitrogen and oxygen atoms in total. The molecule has 0 radical (unpaired) electrons. The number of carbonyl (C=O) groups is 2. The monoisotopic (exact) mass is 369 g/mol. The second kappa shape index (κ2) is 8.22. The molecule has 8 heteroatoms. The van der Waals surface area contributed by atoms with Gasteiger partial charge in [0.2, 0.25) is 11.8 Å². The summed E-state index contributed by atoms with van der Waals surface area (Å²) in [6, 6.07) is 12.4. The third-order valence-corrected chi connectivity index (χ3v) is 3.73. The van der Waals surface area contributed by atoms with Crippen molar-refractivity contribution in [1.82, 2.24) is 10.2 Å². The largest absolute Gasteiger partial charge is 0.465 e. The van der Waals surface area contributed by atoms with Gasteiger partial charge in [-0.25, -0.2) is 9.18 Å². The molecule has 0 aliphatic heterocycles. The summed E-state index contributed by atoms with van der Waals surface area (Å²) < 4.78 is 23.7. The summed E-state index contributed by atoms with van der Waals surface area (Å²) in [6.45, 7) is 0. The smallest absolute Gasteiger partial charge is 0.337 e. The number of rotatable bonds is 6. The van der Waals surface area contributed by atoms with Crippen LogP contribution >= 0.6 is 0 Å². The number of halogens is 1. The van der Waals surface area contributed by atoms with Crippen molar-refractivity contribution in [2.45, 2.75) is 12.8 Å². The number of benzene rings is 2. The van der Waals surface area contributed by atoms with Crippen LogP contribution in [0.3, 0.4) is 0 Å². The zero-order valence-corrected chi connectivity index (χ0v) is 14.4. The van der Waals surface area contributed by atoms with Gasteiger partial charge in [-0.3, -0.25) is 4.79 Å². The van der Waals surface area contributed by atoms with Crippen LogP contribution in [0.4, 0.5) is 10.1 Å². The number of hydrogen-bond acceptors (Lipinski definition) is 6. The lowest BCUT2D eigenvalue weighted by molar-refractivity contribution is -0.116. The Bertz CT molecular complexity index is 954. The number of esters is 1. The van der Waals surface area contributed by atoms with Gasteiger partial charge in [-0.1, -0.05) is 12.1 Å². The van der Waals surface area contributed by atoms with Crippen LogP contribution in [0.25, 0.3) is 11.5 Å². The first-order chi connectivity index (χ1) is 13.1. The number of methoxy groups -OCH3 is 1. The molecule has 0 aliphatic rings. The number of anilines is 1. The minimum absolute atomic E-state index is 0.0712. The number of aryl methyl sites for hydroxylation is 1. The van der Waals surface area contributed by atoms with Crippen LogP contribution in [-0.4, -0.2) is 29.2 Å². The van der Waals surface area contributed by atoms with Crippen LogP contribution < -0.4 is 5.32 Å². The number of ether oxygens (including phenoxy) is 1. The fourth-order valence-electron chi connectivity index (χ4n) is 2.35. The van der Waals surface area contributed by atoms with Crippen molar-refractivity contribution in [2.75, 3.05) is 12.4 Å². The van der Waals surface area contributed by atoms with Gasteiger partial charge in [0.1, 0.15) is 5.82 Å². The first-order valence-corrected chi connectivity index (χ1v) is 8.12. The van der Waals surface area contributed by atoms with Crippen molar-refractivity contribution < 1.29 is 23.1 Å². The van der Waals surface area contributed by atoms with Crippen molar-refractivity contribution >= 4 is 17.6 Å². The Morgan fingerprint density at radius 3 is 2.56 bits per heavy atom. The summed E-state index contributed by atoms with van der Waals surface area (Å²) in [5.74, 6) is -0.853. The van der Waals surface area contributed by atoms with Gasteiger partial charge < -0.3 is 14.5 Å². The summed E-state index contributed by atoms with van der Waals surface area (Å²) >= 11 is 0. The Balaban J connectivity index is 1.55. The molecule has 3 rings (SSSR count). The van der Waals surface area contributed by atoms with E-state index in [0.717, 1.165) is 0 Å². The van der Waals surface area contributed by atoms with E-state index in [-0.39, 0.29) is 36.1 Å².